The van der Waals surface area contributed by atoms with Gasteiger partial charge in [-0.15, -0.1) is 0 Å². The van der Waals surface area contributed by atoms with Gasteiger partial charge in [0.1, 0.15) is 0 Å². The number of para-hydroxylation sites is 1. The Morgan fingerprint density at radius 2 is 2.00 bits per heavy atom. The molecule has 0 fully saturated rings. The minimum absolute atomic E-state index is 0.353. The topological polar surface area (TPSA) is 9.23 Å². The Balaban J connectivity index is 2.43. The van der Waals surface area contributed by atoms with Gasteiger partial charge in [-0.1, -0.05) is 0 Å². The van der Waals surface area contributed by atoms with Gasteiger partial charge in [0.05, 0.1) is 0 Å². The van der Waals surface area contributed by atoms with Crippen molar-refractivity contribution in [2.45, 2.75) is 0 Å². The molecule has 1 aromatic carbocycles. The van der Waals surface area contributed by atoms with Crippen molar-refractivity contribution in [3.63, 3.8) is 0 Å². The maximum atomic E-state index is 11.8. The Bertz CT molecular complexity index is 178. The number of hydrogen-bond acceptors (Lipinski definition) is 1. The predicted octanol–water partition coefficient (Wildman–Crippen LogP) is 1.34. The molecule has 0 aromatic heterocycles. The molecule has 0 amide bonds. The fourth-order valence-electron chi connectivity index (χ4n) is 0.673. The third-order valence-electron chi connectivity index (χ3n) is 1.09. The Labute approximate surface area is 71.4 Å². The molecule has 0 unspecified atom stereocenters. The van der Waals surface area contributed by atoms with E-state index < -0.39 is 23.5 Å². The van der Waals surface area contributed by atoms with Gasteiger partial charge in [-0.3, -0.25) is 0 Å². The summed E-state index contributed by atoms with van der Waals surface area (Å²) in [6.45, 7) is 0. The van der Waals surface area contributed by atoms with Crippen LogP contribution in [0.5, 0.6) is 5.75 Å². The summed E-state index contributed by atoms with van der Waals surface area (Å²) in [7, 11) is 0. The molecule has 0 radical (unpaired) electrons. The van der Waals surface area contributed by atoms with E-state index in [-0.39, 0.29) is 0 Å². The zero-order chi connectivity index (χ0) is 7.23. The molecule has 1 aromatic rings. The van der Waals surface area contributed by atoms with Crippen molar-refractivity contribution >= 4 is 23.5 Å². The van der Waals surface area contributed by atoms with Crippen LogP contribution < -0.4 is 4.74 Å². The first-order valence-corrected chi connectivity index (χ1v) is 7.55. The molecule has 0 heterocycles. The molecule has 3 heteroatoms. The van der Waals surface area contributed by atoms with Gasteiger partial charge in [0.15, 0.2) is 0 Å². The molecule has 1 nitrogen and oxygen atoms in total. The van der Waals surface area contributed by atoms with Gasteiger partial charge in [-0.2, -0.15) is 0 Å². The van der Waals surface area contributed by atoms with E-state index >= 15 is 0 Å². The molecule has 0 atom stereocenters. The Morgan fingerprint density at radius 3 is 2.60 bits per heavy atom. The SMILES string of the molecule is [F][InH][CH2]Oc1ccccc1. The van der Waals surface area contributed by atoms with Gasteiger partial charge in [0.25, 0.3) is 0 Å². The van der Waals surface area contributed by atoms with Crippen LogP contribution in [0.15, 0.2) is 30.3 Å². The molecule has 0 bridgehead atoms. The number of halogens is 1. The zero-order valence-corrected chi connectivity index (χ0v) is 9.62. The summed E-state index contributed by atoms with van der Waals surface area (Å²) in [5.41, 5.74) is 0. The second kappa shape index (κ2) is 4.61. The summed E-state index contributed by atoms with van der Waals surface area (Å²) in [5.74, 6) is 0.775. The third kappa shape index (κ3) is 2.60. The first kappa shape index (κ1) is 7.92. The average Bonchev–Trinajstić information content (AvgIpc) is 2.03. The van der Waals surface area contributed by atoms with Crippen molar-refractivity contribution in [1.29, 1.82) is 0 Å². The molecule has 0 spiro atoms. The summed E-state index contributed by atoms with van der Waals surface area (Å²) in [5, 5.41) is 0. The number of ether oxygens (including phenoxy) is 1. The van der Waals surface area contributed by atoms with Gasteiger partial charge >= 0.3 is 71.4 Å². The van der Waals surface area contributed by atoms with E-state index in [4.69, 9.17) is 4.74 Å². The van der Waals surface area contributed by atoms with Crippen LogP contribution in [-0.2, 0) is 0 Å². The standard InChI is InChI=1S/C7H7O.FH.In.H/c1-8-7-5-3-2-4-6-7;;;/h2-6H,1H2;1H;;/q;;+1;/p-1. The van der Waals surface area contributed by atoms with Crippen molar-refractivity contribution in [2.75, 3.05) is 4.36 Å². The minimum atomic E-state index is -1.97. The molecular formula is C7H8FInO. The van der Waals surface area contributed by atoms with Crippen molar-refractivity contribution in [3.05, 3.63) is 30.3 Å². The van der Waals surface area contributed by atoms with Crippen LogP contribution in [0.4, 0.5) is 2.66 Å². The van der Waals surface area contributed by atoms with Crippen LogP contribution >= 0.6 is 0 Å². The summed E-state index contributed by atoms with van der Waals surface area (Å²) in [6.07, 6.45) is 0. The van der Waals surface area contributed by atoms with Gasteiger partial charge in [-0.05, 0) is 0 Å². The van der Waals surface area contributed by atoms with Crippen LogP contribution in [0.2, 0.25) is 0 Å². The van der Waals surface area contributed by atoms with Gasteiger partial charge in [-0.25, -0.2) is 0 Å². The fraction of sp³-hybridized carbons (Fsp3) is 0.143. The predicted molar refractivity (Wildman–Crippen MR) is 40.2 cm³/mol. The molecule has 0 aliphatic rings. The molecule has 0 saturated carbocycles. The Kier molecular flexibility index (Phi) is 3.65. The Hall–Kier alpha value is -0.180. The van der Waals surface area contributed by atoms with Crippen molar-refractivity contribution < 1.29 is 7.40 Å². The first-order chi connectivity index (χ1) is 4.93. The molecule has 0 N–H and O–H groups in total. The van der Waals surface area contributed by atoms with Crippen molar-refractivity contribution in [1.82, 2.24) is 0 Å². The first-order valence-electron chi connectivity index (χ1n) is 3.17. The van der Waals surface area contributed by atoms with Crippen molar-refractivity contribution in [2.24, 2.45) is 0 Å². The van der Waals surface area contributed by atoms with Crippen molar-refractivity contribution in [3.8, 4) is 5.75 Å². The Morgan fingerprint density at radius 1 is 1.30 bits per heavy atom. The van der Waals surface area contributed by atoms with Crippen LogP contribution in [0, 0.1) is 0 Å². The van der Waals surface area contributed by atoms with Crippen LogP contribution in [0.3, 0.4) is 0 Å². The van der Waals surface area contributed by atoms with E-state index in [0.717, 1.165) is 5.75 Å². The number of benzene rings is 1. The summed E-state index contributed by atoms with van der Waals surface area (Å²) >= 11 is -1.97. The zero-order valence-electron chi connectivity index (χ0n) is 5.59. The maximum absolute atomic E-state index is 11.8. The normalized spacial score (nSPS) is 8.90. The molecular weight excluding hydrogens is 234 g/mol. The van der Waals surface area contributed by atoms with Crippen LogP contribution in [-0.4, -0.2) is 27.9 Å². The van der Waals surface area contributed by atoms with Gasteiger partial charge < -0.3 is 0 Å². The number of rotatable bonds is 3. The van der Waals surface area contributed by atoms with E-state index in [1.807, 2.05) is 30.3 Å². The molecule has 0 saturated heterocycles. The molecule has 10 heavy (non-hydrogen) atoms. The van der Waals surface area contributed by atoms with Gasteiger partial charge in [0.2, 0.25) is 0 Å². The van der Waals surface area contributed by atoms with E-state index in [1.165, 1.54) is 0 Å². The monoisotopic (exact) mass is 242 g/mol. The third-order valence-corrected chi connectivity index (χ3v) is 2.11. The van der Waals surface area contributed by atoms with E-state index in [0.29, 0.717) is 4.36 Å². The summed E-state index contributed by atoms with van der Waals surface area (Å²) < 4.78 is 17.2. The summed E-state index contributed by atoms with van der Waals surface area (Å²) in [4.78, 5) is 0. The molecule has 0 aliphatic carbocycles. The average molecular weight is 242 g/mol. The van der Waals surface area contributed by atoms with E-state index in [2.05, 4.69) is 0 Å². The second-order valence-electron chi connectivity index (χ2n) is 1.85. The molecule has 0 aliphatic heterocycles. The van der Waals surface area contributed by atoms with Crippen LogP contribution in [0.25, 0.3) is 0 Å². The quantitative estimate of drug-likeness (QED) is 0.777. The second-order valence-corrected chi connectivity index (χ2v) is 4.09. The van der Waals surface area contributed by atoms with Crippen LogP contribution in [0.1, 0.15) is 0 Å². The fourth-order valence-corrected chi connectivity index (χ4v) is 1.57. The molecule has 1 rings (SSSR count). The van der Waals surface area contributed by atoms with E-state index in [1.54, 1.807) is 0 Å². The number of hydrogen-bond donors (Lipinski definition) is 0. The van der Waals surface area contributed by atoms with E-state index in [9.17, 15) is 2.66 Å². The molecule has 52 valence electrons. The summed E-state index contributed by atoms with van der Waals surface area (Å²) in [6, 6.07) is 9.33. The van der Waals surface area contributed by atoms with Gasteiger partial charge in [0, 0.05) is 0 Å².